The van der Waals surface area contributed by atoms with E-state index >= 15 is 0 Å². The number of benzene rings is 2. The Labute approximate surface area is 134 Å². The summed E-state index contributed by atoms with van der Waals surface area (Å²) in [5, 5.41) is 0.700. The molecule has 0 saturated carbocycles. The van der Waals surface area contributed by atoms with Gasteiger partial charge in [-0.3, -0.25) is 4.79 Å². The molecule has 0 aliphatic rings. The molecule has 0 spiro atoms. The lowest BCUT2D eigenvalue weighted by Gasteiger charge is -2.04. The molecular weight excluding hydrogens is 304 g/mol. The Hall–Kier alpha value is -1.45. The van der Waals surface area contributed by atoms with E-state index in [0.717, 1.165) is 22.6 Å². The molecule has 0 aliphatic carbocycles. The first-order valence-corrected chi connectivity index (χ1v) is 8.07. The van der Waals surface area contributed by atoms with Crippen molar-refractivity contribution in [1.29, 1.82) is 0 Å². The van der Waals surface area contributed by atoms with Gasteiger partial charge in [-0.15, -0.1) is 11.8 Å². The molecule has 2 nitrogen and oxygen atoms in total. The van der Waals surface area contributed by atoms with E-state index in [2.05, 4.69) is 0 Å². The van der Waals surface area contributed by atoms with Crippen molar-refractivity contribution in [2.45, 2.75) is 17.7 Å². The van der Waals surface area contributed by atoms with Gasteiger partial charge in [0, 0.05) is 16.3 Å². The SMILES string of the molecule is COc1ccc(CCC(=O)CSc2cccc(Cl)c2)cc1. The van der Waals surface area contributed by atoms with Crippen molar-refractivity contribution in [3.8, 4) is 5.75 Å². The summed E-state index contributed by atoms with van der Waals surface area (Å²) in [5.74, 6) is 1.56. The van der Waals surface area contributed by atoms with Gasteiger partial charge in [0.15, 0.2) is 0 Å². The predicted octanol–water partition coefficient (Wildman–Crippen LogP) is 4.64. The minimum absolute atomic E-state index is 0.246. The number of rotatable bonds is 7. The van der Waals surface area contributed by atoms with Crippen molar-refractivity contribution in [3.05, 3.63) is 59.1 Å². The quantitative estimate of drug-likeness (QED) is 0.695. The van der Waals surface area contributed by atoms with Crippen LogP contribution in [-0.2, 0) is 11.2 Å². The number of halogens is 1. The Balaban J connectivity index is 1.76. The number of ether oxygens (including phenoxy) is 1. The van der Waals surface area contributed by atoms with Crippen LogP contribution in [0, 0.1) is 0 Å². The van der Waals surface area contributed by atoms with Crippen molar-refractivity contribution in [2.75, 3.05) is 12.9 Å². The van der Waals surface area contributed by atoms with E-state index in [1.165, 1.54) is 11.8 Å². The Morgan fingerprint density at radius 3 is 2.62 bits per heavy atom. The lowest BCUT2D eigenvalue weighted by atomic mass is 10.1. The highest BCUT2D eigenvalue weighted by atomic mass is 35.5. The van der Waals surface area contributed by atoms with Crippen molar-refractivity contribution in [2.24, 2.45) is 0 Å². The number of hydrogen-bond acceptors (Lipinski definition) is 3. The van der Waals surface area contributed by atoms with Crippen LogP contribution in [0.4, 0.5) is 0 Å². The van der Waals surface area contributed by atoms with Crippen LogP contribution in [0.25, 0.3) is 0 Å². The second kappa shape index (κ2) is 8.11. The first kappa shape index (κ1) is 15.9. The number of methoxy groups -OCH3 is 1. The smallest absolute Gasteiger partial charge is 0.143 e. The average Bonchev–Trinajstić information content (AvgIpc) is 2.51. The van der Waals surface area contributed by atoms with Crippen molar-refractivity contribution in [3.63, 3.8) is 0 Å². The number of carbonyl (C=O) groups is 1. The maximum atomic E-state index is 11.9. The third kappa shape index (κ3) is 5.44. The minimum atomic E-state index is 0.246. The standard InChI is InChI=1S/C17H17ClO2S/c1-20-16-9-6-13(7-10-16)5-8-15(19)12-21-17-4-2-3-14(18)11-17/h2-4,6-7,9-11H,5,8,12H2,1H3. The molecule has 0 atom stereocenters. The molecule has 0 unspecified atom stereocenters. The van der Waals surface area contributed by atoms with Gasteiger partial charge in [-0.2, -0.15) is 0 Å². The van der Waals surface area contributed by atoms with Crippen LogP contribution in [0.5, 0.6) is 5.75 Å². The van der Waals surface area contributed by atoms with Gasteiger partial charge in [0.25, 0.3) is 0 Å². The Morgan fingerprint density at radius 1 is 1.19 bits per heavy atom. The Kier molecular flexibility index (Phi) is 6.15. The molecule has 2 aromatic carbocycles. The number of aryl methyl sites for hydroxylation is 1. The summed E-state index contributed by atoms with van der Waals surface area (Å²) in [5.41, 5.74) is 1.15. The molecule has 21 heavy (non-hydrogen) atoms. The van der Waals surface area contributed by atoms with Crippen LogP contribution in [-0.4, -0.2) is 18.6 Å². The topological polar surface area (TPSA) is 26.3 Å². The van der Waals surface area contributed by atoms with E-state index in [4.69, 9.17) is 16.3 Å². The van der Waals surface area contributed by atoms with Crippen LogP contribution < -0.4 is 4.74 Å². The monoisotopic (exact) mass is 320 g/mol. The molecule has 110 valence electrons. The van der Waals surface area contributed by atoms with E-state index in [9.17, 15) is 4.79 Å². The molecule has 0 aromatic heterocycles. The highest BCUT2D eigenvalue weighted by molar-refractivity contribution is 8.00. The second-order valence-electron chi connectivity index (χ2n) is 4.63. The fourth-order valence-electron chi connectivity index (χ4n) is 1.87. The van der Waals surface area contributed by atoms with Gasteiger partial charge >= 0.3 is 0 Å². The van der Waals surface area contributed by atoms with E-state index in [1.54, 1.807) is 7.11 Å². The average molecular weight is 321 g/mol. The van der Waals surface area contributed by atoms with Gasteiger partial charge in [0.1, 0.15) is 11.5 Å². The number of hydrogen-bond donors (Lipinski definition) is 0. The van der Waals surface area contributed by atoms with Gasteiger partial charge in [-0.25, -0.2) is 0 Å². The molecule has 2 rings (SSSR count). The van der Waals surface area contributed by atoms with Crippen LogP contribution in [0.2, 0.25) is 5.02 Å². The van der Waals surface area contributed by atoms with E-state index in [-0.39, 0.29) is 5.78 Å². The maximum absolute atomic E-state index is 11.9. The summed E-state index contributed by atoms with van der Waals surface area (Å²) in [4.78, 5) is 12.9. The maximum Gasteiger partial charge on any atom is 0.143 e. The third-order valence-corrected chi connectivity index (χ3v) is 4.34. The molecule has 0 saturated heterocycles. The van der Waals surface area contributed by atoms with Crippen molar-refractivity contribution < 1.29 is 9.53 Å². The Bertz CT molecular complexity index is 596. The summed E-state index contributed by atoms with van der Waals surface area (Å²) in [7, 11) is 1.64. The molecule has 0 radical (unpaired) electrons. The summed E-state index contributed by atoms with van der Waals surface area (Å²) in [6.45, 7) is 0. The largest absolute Gasteiger partial charge is 0.497 e. The summed E-state index contributed by atoms with van der Waals surface area (Å²) in [6.07, 6.45) is 1.32. The van der Waals surface area contributed by atoms with E-state index in [1.807, 2.05) is 48.5 Å². The lowest BCUT2D eigenvalue weighted by molar-refractivity contribution is -0.116. The lowest BCUT2D eigenvalue weighted by Crippen LogP contribution is -2.03. The first-order valence-electron chi connectivity index (χ1n) is 6.70. The van der Waals surface area contributed by atoms with Crippen LogP contribution in [0.1, 0.15) is 12.0 Å². The van der Waals surface area contributed by atoms with Crippen LogP contribution in [0.15, 0.2) is 53.4 Å². The molecule has 0 aliphatic heterocycles. The zero-order chi connectivity index (χ0) is 15.1. The molecule has 0 amide bonds. The second-order valence-corrected chi connectivity index (χ2v) is 6.12. The molecule has 0 heterocycles. The third-order valence-electron chi connectivity index (χ3n) is 3.05. The fourth-order valence-corrected chi connectivity index (χ4v) is 2.98. The summed E-state index contributed by atoms with van der Waals surface area (Å²) < 4.78 is 5.11. The predicted molar refractivity (Wildman–Crippen MR) is 88.5 cm³/mol. The number of Topliss-reactive ketones (excluding diaryl/α,β-unsaturated/α-hetero) is 1. The molecule has 0 N–H and O–H groups in total. The zero-order valence-electron chi connectivity index (χ0n) is 11.8. The molecule has 0 bridgehead atoms. The highest BCUT2D eigenvalue weighted by Crippen LogP contribution is 2.22. The fraction of sp³-hybridized carbons (Fsp3) is 0.235. The van der Waals surface area contributed by atoms with E-state index < -0.39 is 0 Å². The number of ketones is 1. The van der Waals surface area contributed by atoms with Gasteiger partial charge < -0.3 is 4.74 Å². The van der Waals surface area contributed by atoms with Crippen molar-refractivity contribution >= 4 is 29.1 Å². The molecule has 4 heteroatoms. The molecule has 0 fully saturated rings. The summed E-state index contributed by atoms with van der Waals surface area (Å²) in [6, 6.07) is 15.4. The molecule has 2 aromatic rings. The van der Waals surface area contributed by atoms with E-state index in [0.29, 0.717) is 17.2 Å². The summed E-state index contributed by atoms with van der Waals surface area (Å²) >= 11 is 7.45. The molecular formula is C17H17ClO2S. The van der Waals surface area contributed by atoms with Gasteiger partial charge in [-0.05, 0) is 42.3 Å². The van der Waals surface area contributed by atoms with Gasteiger partial charge in [-0.1, -0.05) is 29.8 Å². The van der Waals surface area contributed by atoms with Crippen LogP contribution >= 0.6 is 23.4 Å². The highest BCUT2D eigenvalue weighted by Gasteiger charge is 2.05. The van der Waals surface area contributed by atoms with Crippen LogP contribution in [0.3, 0.4) is 0 Å². The van der Waals surface area contributed by atoms with Gasteiger partial charge in [0.2, 0.25) is 0 Å². The minimum Gasteiger partial charge on any atom is -0.497 e. The zero-order valence-corrected chi connectivity index (χ0v) is 13.4. The Morgan fingerprint density at radius 2 is 1.95 bits per heavy atom. The number of thioether (sulfide) groups is 1. The first-order chi connectivity index (χ1) is 10.2. The van der Waals surface area contributed by atoms with Gasteiger partial charge in [0.05, 0.1) is 12.9 Å². The number of carbonyl (C=O) groups excluding carboxylic acids is 1. The van der Waals surface area contributed by atoms with Crippen molar-refractivity contribution in [1.82, 2.24) is 0 Å². The normalized spacial score (nSPS) is 10.4.